The van der Waals surface area contributed by atoms with Gasteiger partial charge in [0.15, 0.2) is 0 Å². The van der Waals surface area contributed by atoms with Crippen molar-refractivity contribution in [3.63, 3.8) is 0 Å². The molecule has 230 valence electrons. The molecule has 0 bridgehead atoms. The van der Waals surface area contributed by atoms with Gasteiger partial charge in [0, 0.05) is 24.5 Å². The molecule has 0 spiro atoms. The van der Waals surface area contributed by atoms with Crippen LogP contribution in [0.2, 0.25) is 5.02 Å². The van der Waals surface area contributed by atoms with Crippen LogP contribution in [0.4, 0.5) is 5.69 Å². The molecule has 0 fully saturated rings. The molecule has 1 N–H and O–H groups in total. The number of hydrogen-bond donors (Lipinski definition) is 1. The summed E-state index contributed by atoms with van der Waals surface area (Å²) >= 11 is 6.30. The van der Waals surface area contributed by atoms with Crippen molar-refractivity contribution in [1.29, 1.82) is 0 Å². The molecule has 2 amide bonds. The quantitative estimate of drug-likeness (QED) is 0.163. The summed E-state index contributed by atoms with van der Waals surface area (Å²) in [5.41, 5.74) is 2.68. The normalized spacial score (nSPS) is 11.9. The van der Waals surface area contributed by atoms with Crippen molar-refractivity contribution in [2.45, 2.75) is 50.6 Å². The molecule has 7 nitrogen and oxygen atoms in total. The van der Waals surface area contributed by atoms with Gasteiger partial charge in [0.05, 0.1) is 10.6 Å². The number of halogens is 1. The molecule has 0 aliphatic heterocycles. The van der Waals surface area contributed by atoms with Crippen LogP contribution in [0.5, 0.6) is 0 Å². The summed E-state index contributed by atoms with van der Waals surface area (Å²) < 4.78 is 29.3. The highest BCUT2D eigenvalue weighted by Gasteiger charge is 2.35. The molecule has 9 heteroatoms. The fourth-order valence-corrected chi connectivity index (χ4v) is 6.68. The second-order valence-corrected chi connectivity index (χ2v) is 12.9. The maximum atomic E-state index is 14.5. The monoisotopic (exact) mass is 631 g/mol. The topological polar surface area (TPSA) is 86.8 Å². The standard InChI is InChI=1S/C35H38ClN3O4S/c1-3-4-22-37-35(41)33(24-28-15-7-5-8-16-28)38(25-29-17-13-18-30(36)23-29)34(40)26-39(32-21-12-11-14-27(32)2)44(42,43)31-19-9-6-10-20-31/h5-21,23,33H,3-4,22,24-26H2,1-2H3,(H,37,41). The number of benzene rings is 4. The molecule has 44 heavy (non-hydrogen) atoms. The number of carbonyl (C=O) groups is 2. The van der Waals surface area contributed by atoms with Crippen molar-refractivity contribution in [3.8, 4) is 0 Å². The summed E-state index contributed by atoms with van der Waals surface area (Å²) in [7, 11) is -4.14. The van der Waals surface area contributed by atoms with Gasteiger partial charge in [-0.3, -0.25) is 13.9 Å². The van der Waals surface area contributed by atoms with Gasteiger partial charge in [-0.1, -0.05) is 104 Å². The third kappa shape index (κ3) is 8.49. The highest BCUT2D eigenvalue weighted by atomic mass is 35.5. The van der Waals surface area contributed by atoms with E-state index >= 15 is 0 Å². The van der Waals surface area contributed by atoms with Crippen LogP contribution in [0.25, 0.3) is 0 Å². The van der Waals surface area contributed by atoms with Crippen molar-refractivity contribution in [3.05, 3.63) is 131 Å². The van der Waals surface area contributed by atoms with Gasteiger partial charge in [-0.2, -0.15) is 0 Å². The molecular formula is C35H38ClN3O4S. The second-order valence-electron chi connectivity index (χ2n) is 10.6. The van der Waals surface area contributed by atoms with Gasteiger partial charge >= 0.3 is 0 Å². The minimum Gasteiger partial charge on any atom is -0.354 e. The molecule has 4 aromatic rings. The summed E-state index contributed by atoms with van der Waals surface area (Å²) in [6, 6.07) is 30.8. The number of amides is 2. The Morgan fingerprint density at radius 2 is 1.48 bits per heavy atom. The Kier molecular flexibility index (Phi) is 11.6. The van der Waals surface area contributed by atoms with E-state index in [0.717, 1.165) is 28.3 Å². The Bertz CT molecular complexity index is 1650. The zero-order valence-electron chi connectivity index (χ0n) is 25.0. The highest BCUT2D eigenvalue weighted by molar-refractivity contribution is 7.92. The Labute approximate surface area is 265 Å². The number of hydrogen-bond acceptors (Lipinski definition) is 4. The van der Waals surface area contributed by atoms with Gasteiger partial charge in [-0.15, -0.1) is 0 Å². The highest BCUT2D eigenvalue weighted by Crippen LogP contribution is 2.28. The number of sulfonamides is 1. The Morgan fingerprint density at radius 3 is 2.14 bits per heavy atom. The van der Waals surface area contributed by atoms with Crippen molar-refractivity contribution in [2.75, 3.05) is 17.4 Å². The molecule has 0 aromatic heterocycles. The molecule has 0 saturated carbocycles. The van der Waals surface area contributed by atoms with E-state index < -0.39 is 28.5 Å². The van der Waals surface area contributed by atoms with E-state index in [9.17, 15) is 18.0 Å². The maximum Gasteiger partial charge on any atom is 0.264 e. The molecule has 0 saturated heterocycles. The third-order valence-corrected chi connectivity index (χ3v) is 9.35. The molecule has 0 aliphatic rings. The fourth-order valence-electron chi connectivity index (χ4n) is 4.97. The first kappa shape index (κ1) is 32.8. The van der Waals surface area contributed by atoms with E-state index in [-0.39, 0.29) is 23.8 Å². The lowest BCUT2D eigenvalue weighted by Gasteiger charge is -2.34. The van der Waals surface area contributed by atoms with Gasteiger partial charge in [0.2, 0.25) is 11.8 Å². The van der Waals surface area contributed by atoms with Crippen LogP contribution in [0.1, 0.15) is 36.5 Å². The number of aryl methyl sites for hydroxylation is 1. The largest absolute Gasteiger partial charge is 0.354 e. The molecule has 4 rings (SSSR count). The lowest BCUT2D eigenvalue weighted by atomic mass is 10.0. The molecule has 1 atom stereocenters. The fraction of sp³-hybridized carbons (Fsp3) is 0.257. The maximum absolute atomic E-state index is 14.5. The predicted octanol–water partition coefficient (Wildman–Crippen LogP) is 6.40. The number of anilines is 1. The molecule has 1 unspecified atom stereocenters. The lowest BCUT2D eigenvalue weighted by molar-refractivity contribution is -0.140. The summed E-state index contributed by atoms with van der Waals surface area (Å²) in [6.45, 7) is 3.87. The lowest BCUT2D eigenvalue weighted by Crippen LogP contribution is -2.53. The minimum absolute atomic E-state index is 0.0606. The van der Waals surface area contributed by atoms with Gasteiger partial charge in [0.1, 0.15) is 12.6 Å². The first-order valence-corrected chi connectivity index (χ1v) is 16.5. The molecular weight excluding hydrogens is 594 g/mol. The van der Waals surface area contributed by atoms with Crippen LogP contribution >= 0.6 is 11.6 Å². The zero-order chi connectivity index (χ0) is 31.5. The van der Waals surface area contributed by atoms with Crippen LogP contribution in [0.15, 0.2) is 114 Å². The van der Waals surface area contributed by atoms with E-state index in [1.807, 2.05) is 49.4 Å². The Hall–Kier alpha value is -4.14. The average Bonchev–Trinajstić information content (AvgIpc) is 3.03. The average molecular weight is 632 g/mol. The summed E-state index contributed by atoms with van der Waals surface area (Å²) in [5, 5.41) is 3.49. The Morgan fingerprint density at radius 1 is 0.841 bits per heavy atom. The van der Waals surface area contributed by atoms with Crippen LogP contribution in [-0.2, 0) is 32.6 Å². The van der Waals surface area contributed by atoms with Crippen LogP contribution in [0.3, 0.4) is 0 Å². The third-order valence-electron chi connectivity index (χ3n) is 7.34. The van der Waals surface area contributed by atoms with E-state index in [4.69, 9.17) is 11.6 Å². The van der Waals surface area contributed by atoms with E-state index in [1.54, 1.807) is 61.5 Å². The van der Waals surface area contributed by atoms with Crippen LogP contribution in [-0.4, -0.2) is 44.3 Å². The van der Waals surface area contributed by atoms with E-state index in [2.05, 4.69) is 5.32 Å². The predicted molar refractivity (Wildman–Crippen MR) is 176 cm³/mol. The van der Waals surface area contributed by atoms with Crippen LogP contribution in [0, 0.1) is 6.92 Å². The number of rotatable bonds is 14. The van der Waals surface area contributed by atoms with E-state index in [1.165, 1.54) is 17.0 Å². The van der Waals surface area contributed by atoms with Crippen molar-refractivity contribution in [2.24, 2.45) is 0 Å². The smallest absolute Gasteiger partial charge is 0.264 e. The molecule has 0 aliphatic carbocycles. The van der Waals surface area contributed by atoms with E-state index in [0.29, 0.717) is 22.8 Å². The molecule has 0 radical (unpaired) electrons. The van der Waals surface area contributed by atoms with Crippen molar-refractivity contribution in [1.82, 2.24) is 10.2 Å². The van der Waals surface area contributed by atoms with Gasteiger partial charge < -0.3 is 10.2 Å². The summed E-state index contributed by atoms with van der Waals surface area (Å²) in [6.07, 6.45) is 1.95. The number of unbranched alkanes of at least 4 members (excludes halogenated alkanes) is 1. The minimum atomic E-state index is -4.14. The summed E-state index contributed by atoms with van der Waals surface area (Å²) in [4.78, 5) is 29.8. The SMILES string of the molecule is CCCCNC(=O)C(Cc1ccccc1)N(Cc1cccc(Cl)c1)C(=O)CN(c1ccccc1C)S(=O)(=O)c1ccccc1. The van der Waals surface area contributed by atoms with Crippen molar-refractivity contribution >= 4 is 39.1 Å². The number of nitrogens with zero attached hydrogens (tertiary/aromatic N) is 2. The number of nitrogens with one attached hydrogen (secondary N) is 1. The van der Waals surface area contributed by atoms with Gasteiger partial charge in [-0.05, 0) is 60.4 Å². The Balaban J connectivity index is 1.79. The van der Waals surface area contributed by atoms with Crippen LogP contribution < -0.4 is 9.62 Å². The summed E-state index contributed by atoms with van der Waals surface area (Å²) in [5.74, 6) is -0.814. The zero-order valence-corrected chi connectivity index (χ0v) is 26.6. The van der Waals surface area contributed by atoms with Gasteiger partial charge in [0.25, 0.3) is 10.0 Å². The van der Waals surface area contributed by atoms with Crippen molar-refractivity contribution < 1.29 is 18.0 Å². The first-order valence-electron chi connectivity index (χ1n) is 14.7. The molecule has 4 aromatic carbocycles. The number of carbonyl (C=O) groups excluding carboxylic acids is 2. The number of para-hydroxylation sites is 1. The van der Waals surface area contributed by atoms with Gasteiger partial charge in [-0.25, -0.2) is 8.42 Å². The second kappa shape index (κ2) is 15.5. The first-order chi connectivity index (χ1) is 21.2. The molecule has 0 heterocycles.